The van der Waals surface area contributed by atoms with Crippen LogP contribution in [0.5, 0.6) is 0 Å². The van der Waals surface area contributed by atoms with Crippen LogP contribution in [0.2, 0.25) is 0 Å². The molecule has 0 saturated heterocycles. The number of hydrogen-bond acceptors (Lipinski definition) is 5. The normalized spacial score (nSPS) is 20.2. The van der Waals surface area contributed by atoms with Gasteiger partial charge in [-0.05, 0) is 44.6 Å². The van der Waals surface area contributed by atoms with E-state index in [9.17, 15) is 13.2 Å². The number of fused-ring (bicyclic) bond motifs is 1. The van der Waals surface area contributed by atoms with Crippen molar-refractivity contribution >= 4 is 44.6 Å². The molecule has 1 heterocycles. The van der Waals surface area contributed by atoms with Crippen LogP contribution in [0.25, 0.3) is 17.0 Å². The van der Waals surface area contributed by atoms with Crippen LogP contribution in [0.4, 0.5) is 0 Å². The summed E-state index contributed by atoms with van der Waals surface area (Å²) in [4.78, 5) is 11.6. The maximum absolute atomic E-state index is 13.4. The monoisotopic (exact) mass is 406 g/mol. The number of rotatable bonds is 5. The summed E-state index contributed by atoms with van der Waals surface area (Å²) in [6.45, 7) is 3.57. The molecule has 6 nitrogen and oxygen atoms in total. The van der Waals surface area contributed by atoms with E-state index in [-0.39, 0.29) is 13.0 Å². The second-order valence-electron chi connectivity index (χ2n) is 6.28. The van der Waals surface area contributed by atoms with Crippen molar-refractivity contribution in [3.05, 3.63) is 59.3 Å². The Kier molecular flexibility index (Phi) is 5.26. The fraction of sp³-hybridized carbons (Fsp3) is 0.263. The lowest BCUT2D eigenvalue weighted by Crippen LogP contribution is -2.39. The second kappa shape index (κ2) is 7.32. The Morgan fingerprint density at radius 2 is 2.15 bits per heavy atom. The number of aromatic nitrogens is 2. The predicted molar refractivity (Wildman–Crippen MR) is 106 cm³/mol. The molecule has 0 amide bonds. The first-order valence-corrected chi connectivity index (χ1v) is 10.2. The van der Waals surface area contributed by atoms with Gasteiger partial charge in [0.15, 0.2) is 0 Å². The van der Waals surface area contributed by atoms with Gasteiger partial charge < -0.3 is 4.74 Å². The molecule has 0 N–H and O–H groups in total. The summed E-state index contributed by atoms with van der Waals surface area (Å²) >= 11 is 6.05. The van der Waals surface area contributed by atoms with Gasteiger partial charge in [-0.15, -0.1) is 0 Å². The molecule has 0 saturated carbocycles. The quantitative estimate of drug-likeness (QED) is 0.559. The number of esters is 1. The maximum atomic E-state index is 13.4. The molecule has 0 spiro atoms. The molecule has 0 aliphatic heterocycles. The average Bonchev–Trinajstić information content (AvgIpc) is 2.99. The zero-order valence-corrected chi connectivity index (χ0v) is 16.5. The Morgan fingerprint density at radius 1 is 1.41 bits per heavy atom. The summed E-state index contributed by atoms with van der Waals surface area (Å²) in [6.07, 6.45) is 7.90. The number of benzene rings is 1. The van der Waals surface area contributed by atoms with E-state index >= 15 is 0 Å². The lowest BCUT2D eigenvalue weighted by molar-refractivity contribution is -0.137. The molecule has 1 aliphatic rings. The number of ether oxygens (including phenoxy) is 1. The molecule has 2 aromatic rings. The van der Waals surface area contributed by atoms with Crippen LogP contribution in [0.15, 0.2) is 53.6 Å². The largest absolute Gasteiger partial charge is 0.463 e. The van der Waals surface area contributed by atoms with Crippen LogP contribution >= 0.6 is 11.6 Å². The minimum atomic E-state index is -3.91. The van der Waals surface area contributed by atoms with Crippen LogP contribution in [0, 0.1) is 0 Å². The van der Waals surface area contributed by atoms with Crippen LogP contribution in [-0.2, 0) is 19.6 Å². The third-order valence-electron chi connectivity index (χ3n) is 4.31. The SMILES string of the molecule is CCOC(=O)/C=C/c1nn(S(=O)(=O)C2(C)C=C(Cl)C=CC2)c2ccccc12. The van der Waals surface area contributed by atoms with E-state index in [1.165, 1.54) is 18.2 Å². The predicted octanol–water partition coefficient (Wildman–Crippen LogP) is 3.63. The van der Waals surface area contributed by atoms with Gasteiger partial charge in [0.05, 0.1) is 17.8 Å². The Balaban J connectivity index is 2.13. The number of nitrogens with zero attached hydrogens (tertiary/aromatic N) is 2. The maximum Gasteiger partial charge on any atom is 0.330 e. The molecule has 1 aromatic heterocycles. The molecule has 0 bridgehead atoms. The molecule has 3 rings (SSSR count). The molecule has 1 atom stereocenters. The highest BCUT2D eigenvalue weighted by Crippen LogP contribution is 2.34. The molecule has 27 heavy (non-hydrogen) atoms. The topological polar surface area (TPSA) is 78.3 Å². The lowest BCUT2D eigenvalue weighted by atomic mass is 10.0. The molecule has 1 unspecified atom stereocenters. The van der Waals surface area contributed by atoms with E-state index in [1.54, 1.807) is 50.3 Å². The third-order valence-corrected chi connectivity index (χ3v) is 6.74. The van der Waals surface area contributed by atoms with Crippen molar-refractivity contribution in [2.24, 2.45) is 0 Å². The minimum absolute atomic E-state index is 0.256. The van der Waals surface area contributed by atoms with Gasteiger partial charge in [-0.3, -0.25) is 0 Å². The van der Waals surface area contributed by atoms with Gasteiger partial charge in [0, 0.05) is 16.5 Å². The van der Waals surface area contributed by atoms with Gasteiger partial charge in [0.2, 0.25) is 0 Å². The van der Waals surface area contributed by atoms with Crippen molar-refractivity contribution in [3.63, 3.8) is 0 Å². The first-order chi connectivity index (χ1) is 12.8. The van der Waals surface area contributed by atoms with Crippen molar-refractivity contribution in [1.82, 2.24) is 9.19 Å². The highest BCUT2D eigenvalue weighted by Gasteiger charge is 2.40. The molecule has 1 aliphatic carbocycles. The van der Waals surface area contributed by atoms with Gasteiger partial charge in [-0.25, -0.2) is 13.2 Å². The standard InChI is InChI=1S/C19H19ClN2O4S/c1-3-26-18(23)11-10-16-15-8-4-5-9-17(15)22(21-16)27(24,25)19(2)12-6-7-14(20)13-19/h4-11,13H,3,12H2,1-2H3/b11-10+. The molecule has 142 valence electrons. The van der Waals surface area contributed by atoms with Crippen molar-refractivity contribution in [3.8, 4) is 0 Å². The van der Waals surface area contributed by atoms with E-state index in [1.807, 2.05) is 0 Å². The number of carbonyl (C=O) groups excluding carboxylic acids is 1. The van der Waals surface area contributed by atoms with E-state index < -0.39 is 20.7 Å². The van der Waals surface area contributed by atoms with Crippen LogP contribution in [-0.4, -0.2) is 34.9 Å². The summed E-state index contributed by atoms with van der Waals surface area (Å²) in [7, 11) is -3.91. The van der Waals surface area contributed by atoms with Gasteiger partial charge in [-0.2, -0.15) is 9.19 Å². The lowest BCUT2D eigenvalue weighted by Gasteiger charge is -2.27. The minimum Gasteiger partial charge on any atom is -0.463 e. The zero-order valence-electron chi connectivity index (χ0n) is 14.9. The van der Waals surface area contributed by atoms with Gasteiger partial charge in [-0.1, -0.05) is 35.9 Å². The molecule has 0 radical (unpaired) electrons. The Morgan fingerprint density at radius 3 is 2.85 bits per heavy atom. The first-order valence-electron chi connectivity index (χ1n) is 8.41. The van der Waals surface area contributed by atoms with E-state index in [2.05, 4.69) is 5.10 Å². The number of para-hydroxylation sites is 1. The smallest absolute Gasteiger partial charge is 0.330 e. The summed E-state index contributed by atoms with van der Waals surface area (Å²) < 4.78 is 31.4. The number of hydrogen-bond donors (Lipinski definition) is 0. The molecule has 0 fully saturated rings. The van der Waals surface area contributed by atoms with Gasteiger partial charge in [0.1, 0.15) is 4.75 Å². The highest BCUT2D eigenvalue weighted by molar-refractivity contribution is 7.91. The molecule has 8 heteroatoms. The number of allylic oxidation sites excluding steroid dienone is 3. The van der Waals surface area contributed by atoms with Crippen molar-refractivity contribution in [2.75, 3.05) is 6.61 Å². The van der Waals surface area contributed by atoms with Crippen molar-refractivity contribution in [1.29, 1.82) is 0 Å². The summed E-state index contributed by atoms with van der Waals surface area (Å²) in [6, 6.07) is 6.95. The molecular weight excluding hydrogens is 388 g/mol. The molecular formula is C19H19ClN2O4S. The summed E-state index contributed by atoms with van der Waals surface area (Å²) in [5.74, 6) is -0.516. The fourth-order valence-electron chi connectivity index (χ4n) is 2.89. The Hall–Kier alpha value is -2.38. The summed E-state index contributed by atoms with van der Waals surface area (Å²) in [5, 5.41) is 5.26. The van der Waals surface area contributed by atoms with Crippen LogP contribution in [0.1, 0.15) is 26.0 Å². The van der Waals surface area contributed by atoms with Crippen molar-refractivity contribution < 1.29 is 17.9 Å². The number of halogens is 1. The average molecular weight is 407 g/mol. The van der Waals surface area contributed by atoms with Gasteiger partial charge >= 0.3 is 5.97 Å². The number of carbonyl (C=O) groups is 1. The van der Waals surface area contributed by atoms with Gasteiger partial charge in [0.25, 0.3) is 10.0 Å². The van der Waals surface area contributed by atoms with Crippen LogP contribution in [0.3, 0.4) is 0 Å². The van der Waals surface area contributed by atoms with E-state index in [0.29, 0.717) is 21.6 Å². The fourth-order valence-corrected chi connectivity index (χ4v) is 4.87. The Labute approximate surface area is 162 Å². The Bertz CT molecular complexity index is 1080. The van der Waals surface area contributed by atoms with E-state index in [0.717, 1.165) is 4.09 Å². The van der Waals surface area contributed by atoms with Crippen LogP contribution < -0.4 is 0 Å². The third kappa shape index (κ3) is 3.57. The highest BCUT2D eigenvalue weighted by atomic mass is 35.5. The second-order valence-corrected chi connectivity index (χ2v) is 8.95. The molecule has 1 aromatic carbocycles. The zero-order chi connectivity index (χ0) is 19.7. The van der Waals surface area contributed by atoms with E-state index in [4.69, 9.17) is 16.3 Å². The van der Waals surface area contributed by atoms with Crippen molar-refractivity contribution in [2.45, 2.75) is 25.0 Å². The summed E-state index contributed by atoms with van der Waals surface area (Å²) in [5.41, 5.74) is 0.800. The first kappa shape index (κ1) is 19.4.